The van der Waals surface area contributed by atoms with Gasteiger partial charge in [-0.2, -0.15) is 0 Å². The second kappa shape index (κ2) is 8.42. The van der Waals surface area contributed by atoms with Crippen molar-refractivity contribution < 1.29 is 9.18 Å². The third kappa shape index (κ3) is 5.09. The molecule has 4 nitrogen and oxygen atoms in total. The highest BCUT2D eigenvalue weighted by Crippen LogP contribution is 2.25. The van der Waals surface area contributed by atoms with Gasteiger partial charge in [-0.3, -0.25) is 10.1 Å². The smallest absolute Gasteiger partial charge is 0.274 e. The normalized spacial score (nSPS) is 11.2. The second-order valence-electron chi connectivity index (χ2n) is 6.62. The molecule has 2 heterocycles. The van der Waals surface area contributed by atoms with E-state index in [1.165, 1.54) is 35.7 Å². The van der Waals surface area contributed by atoms with Crippen molar-refractivity contribution in [2.24, 2.45) is 5.92 Å². The summed E-state index contributed by atoms with van der Waals surface area (Å²) in [4.78, 5) is 16.8. The predicted molar refractivity (Wildman–Crippen MR) is 109 cm³/mol. The molecule has 0 saturated carbocycles. The maximum Gasteiger partial charge on any atom is 0.274 e. The van der Waals surface area contributed by atoms with Gasteiger partial charge in [0.1, 0.15) is 15.8 Å². The Bertz CT molecular complexity index is 968. The third-order valence-electron chi connectivity index (χ3n) is 3.88. The van der Waals surface area contributed by atoms with Crippen molar-refractivity contribution in [3.05, 3.63) is 68.7 Å². The van der Waals surface area contributed by atoms with Crippen LogP contribution in [-0.2, 0) is 13.0 Å². The highest BCUT2D eigenvalue weighted by Gasteiger charge is 2.17. The number of carbonyl (C=O) groups is 1. The molecule has 27 heavy (non-hydrogen) atoms. The first-order valence-electron chi connectivity index (χ1n) is 8.37. The van der Waals surface area contributed by atoms with Crippen molar-refractivity contribution in [1.82, 2.24) is 9.55 Å². The molecule has 0 radical (unpaired) electrons. The lowest BCUT2D eigenvalue weighted by molar-refractivity contribution is 0.101. The Morgan fingerprint density at radius 1 is 1.33 bits per heavy atom. The van der Waals surface area contributed by atoms with Gasteiger partial charge in [0.15, 0.2) is 5.13 Å². The molecule has 1 aromatic carbocycles. The minimum absolute atomic E-state index is 0.288. The van der Waals surface area contributed by atoms with Crippen molar-refractivity contribution in [2.75, 3.05) is 5.32 Å². The topological polar surface area (TPSA) is 46.9 Å². The van der Waals surface area contributed by atoms with Crippen LogP contribution in [0.1, 0.15) is 35.5 Å². The second-order valence-corrected chi connectivity index (χ2v) is 8.69. The standard InChI is InChI=1S/C19H18Cl2FN3OS/c1-11(2)5-12-6-16(18(26)24-19-23-8-17(21)27-19)25(9-12)10-13-7-14(22)3-4-15(13)20/h3-4,6-9,11H,5,10H2,1-2H3,(H,23,24,26). The van der Waals surface area contributed by atoms with E-state index >= 15 is 0 Å². The number of thiazole rings is 1. The van der Waals surface area contributed by atoms with Crippen LogP contribution in [0.4, 0.5) is 9.52 Å². The molecule has 0 saturated heterocycles. The van der Waals surface area contributed by atoms with Gasteiger partial charge < -0.3 is 4.57 Å². The predicted octanol–water partition coefficient (Wildman–Crippen LogP) is 5.89. The van der Waals surface area contributed by atoms with Gasteiger partial charge in [0.25, 0.3) is 5.91 Å². The van der Waals surface area contributed by atoms with E-state index in [0.717, 1.165) is 12.0 Å². The van der Waals surface area contributed by atoms with Gasteiger partial charge in [-0.1, -0.05) is 48.4 Å². The molecule has 0 unspecified atom stereocenters. The SMILES string of the molecule is CC(C)Cc1cc(C(=O)Nc2ncc(Cl)s2)n(Cc2cc(F)ccc2Cl)c1. The number of hydrogen-bond acceptors (Lipinski definition) is 3. The lowest BCUT2D eigenvalue weighted by atomic mass is 10.1. The molecule has 0 atom stereocenters. The van der Waals surface area contributed by atoms with Crippen LogP contribution in [0.2, 0.25) is 9.36 Å². The van der Waals surface area contributed by atoms with Crippen molar-refractivity contribution in [1.29, 1.82) is 0 Å². The summed E-state index contributed by atoms with van der Waals surface area (Å²) in [7, 11) is 0. The van der Waals surface area contributed by atoms with Crippen LogP contribution < -0.4 is 5.32 Å². The van der Waals surface area contributed by atoms with Crippen LogP contribution >= 0.6 is 34.5 Å². The highest BCUT2D eigenvalue weighted by atomic mass is 35.5. The summed E-state index contributed by atoms with van der Waals surface area (Å²) in [6.07, 6.45) is 4.22. The average molecular weight is 426 g/mol. The molecule has 0 aliphatic carbocycles. The van der Waals surface area contributed by atoms with E-state index in [9.17, 15) is 9.18 Å². The number of amides is 1. The number of halogens is 3. The minimum Gasteiger partial charge on any atom is -0.339 e. The summed E-state index contributed by atoms with van der Waals surface area (Å²) >= 11 is 13.3. The summed E-state index contributed by atoms with van der Waals surface area (Å²) in [5, 5.41) is 3.63. The fourth-order valence-electron chi connectivity index (χ4n) is 2.80. The molecule has 3 rings (SSSR count). The molecular weight excluding hydrogens is 408 g/mol. The fraction of sp³-hybridized carbons (Fsp3) is 0.263. The first kappa shape index (κ1) is 19.9. The lowest BCUT2D eigenvalue weighted by Crippen LogP contribution is -2.17. The highest BCUT2D eigenvalue weighted by molar-refractivity contribution is 7.19. The van der Waals surface area contributed by atoms with Crippen LogP contribution in [0.3, 0.4) is 0 Å². The van der Waals surface area contributed by atoms with E-state index in [0.29, 0.717) is 31.7 Å². The fourth-order valence-corrected chi connectivity index (χ4v) is 3.78. The molecule has 0 aliphatic heterocycles. The number of nitrogens with one attached hydrogen (secondary N) is 1. The van der Waals surface area contributed by atoms with Gasteiger partial charge in [-0.25, -0.2) is 9.37 Å². The molecule has 0 aliphatic rings. The zero-order chi connectivity index (χ0) is 19.6. The van der Waals surface area contributed by atoms with E-state index in [-0.39, 0.29) is 18.3 Å². The number of benzene rings is 1. The first-order chi connectivity index (χ1) is 12.8. The molecule has 0 fully saturated rings. The molecule has 0 spiro atoms. The summed E-state index contributed by atoms with van der Waals surface area (Å²) in [5.74, 6) is -0.233. The van der Waals surface area contributed by atoms with Crippen LogP contribution in [-0.4, -0.2) is 15.5 Å². The maximum atomic E-state index is 13.6. The Balaban J connectivity index is 1.92. The van der Waals surface area contributed by atoms with Crippen molar-refractivity contribution >= 4 is 45.6 Å². The van der Waals surface area contributed by atoms with Crippen LogP contribution in [0.15, 0.2) is 36.7 Å². The molecule has 1 N–H and O–H groups in total. The molecule has 8 heteroatoms. The summed E-state index contributed by atoms with van der Waals surface area (Å²) in [5.41, 5.74) is 2.09. The number of rotatable bonds is 6. The van der Waals surface area contributed by atoms with Crippen molar-refractivity contribution in [3.63, 3.8) is 0 Å². The van der Waals surface area contributed by atoms with Gasteiger partial charge in [-0.15, -0.1) is 0 Å². The first-order valence-corrected chi connectivity index (χ1v) is 9.94. The Labute approximate surface area is 170 Å². The molecule has 1 amide bonds. The van der Waals surface area contributed by atoms with Gasteiger partial charge in [0.2, 0.25) is 0 Å². The molecule has 3 aromatic rings. The third-order valence-corrected chi connectivity index (χ3v) is 5.28. The summed E-state index contributed by atoms with van der Waals surface area (Å²) in [6.45, 7) is 4.51. The zero-order valence-corrected chi connectivity index (χ0v) is 17.1. The summed E-state index contributed by atoms with van der Waals surface area (Å²) < 4.78 is 15.9. The van der Waals surface area contributed by atoms with E-state index in [4.69, 9.17) is 23.2 Å². The van der Waals surface area contributed by atoms with Crippen LogP contribution in [0.5, 0.6) is 0 Å². The quantitative estimate of drug-likeness (QED) is 0.534. The molecule has 2 aromatic heterocycles. The Morgan fingerprint density at radius 3 is 2.78 bits per heavy atom. The van der Waals surface area contributed by atoms with E-state index in [2.05, 4.69) is 24.1 Å². The van der Waals surface area contributed by atoms with Crippen molar-refractivity contribution in [2.45, 2.75) is 26.8 Å². The van der Waals surface area contributed by atoms with E-state index in [1.807, 2.05) is 12.3 Å². The minimum atomic E-state index is -0.368. The number of aromatic nitrogens is 2. The Hall–Kier alpha value is -1.89. The van der Waals surface area contributed by atoms with Crippen molar-refractivity contribution in [3.8, 4) is 0 Å². The maximum absolute atomic E-state index is 13.6. The monoisotopic (exact) mass is 425 g/mol. The molecule has 0 bridgehead atoms. The van der Waals surface area contributed by atoms with Crippen LogP contribution in [0.25, 0.3) is 0 Å². The van der Waals surface area contributed by atoms with Gasteiger partial charge in [0.05, 0.1) is 6.20 Å². The average Bonchev–Trinajstić information content (AvgIpc) is 3.16. The van der Waals surface area contributed by atoms with E-state index < -0.39 is 0 Å². The Morgan fingerprint density at radius 2 is 2.11 bits per heavy atom. The Kier molecular flexibility index (Phi) is 6.19. The largest absolute Gasteiger partial charge is 0.339 e. The van der Waals surface area contributed by atoms with E-state index in [1.54, 1.807) is 4.57 Å². The molecular formula is C19H18Cl2FN3OS. The lowest BCUT2D eigenvalue weighted by Gasteiger charge is -2.10. The zero-order valence-electron chi connectivity index (χ0n) is 14.8. The number of hydrogen-bond donors (Lipinski definition) is 1. The van der Waals surface area contributed by atoms with Gasteiger partial charge in [0, 0.05) is 17.8 Å². The van der Waals surface area contributed by atoms with Gasteiger partial charge >= 0.3 is 0 Å². The van der Waals surface area contributed by atoms with Crippen LogP contribution in [0, 0.1) is 11.7 Å². The number of nitrogens with zero attached hydrogens (tertiary/aromatic N) is 2. The van der Waals surface area contributed by atoms with Gasteiger partial charge in [-0.05, 0) is 47.7 Å². The molecule has 142 valence electrons. The number of carbonyl (C=O) groups excluding carboxylic acids is 1. The summed E-state index contributed by atoms with van der Waals surface area (Å²) in [6, 6.07) is 6.05. The number of anilines is 1.